The second-order valence-electron chi connectivity index (χ2n) is 13.9. The highest BCUT2D eigenvalue weighted by Gasteiger charge is 2.34. The molecule has 52 heavy (non-hydrogen) atoms. The molecule has 3 aromatic rings. The predicted octanol–water partition coefficient (Wildman–Crippen LogP) is 4.27. The third-order valence-corrected chi connectivity index (χ3v) is 9.48. The number of rotatable bonds is 19. The molecule has 3 atom stereocenters. The third kappa shape index (κ3) is 9.68. The number of carbonyl (C=O) groups excluding carboxylic acids is 1. The number of aliphatic hydroxyl groups excluding tert-OH is 2. The highest BCUT2D eigenvalue weighted by Crippen LogP contribution is 2.42. The molecule has 1 aliphatic rings. The summed E-state index contributed by atoms with van der Waals surface area (Å²) in [5.41, 5.74) is 5.11. The van der Waals surface area contributed by atoms with E-state index in [4.69, 9.17) is 0 Å². The molecule has 13 nitrogen and oxygen atoms in total. The van der Waals surface area contributed by atoms with Crippen LogP contribution in [0.5, 0.6) is 0 Å². The Kier molecular flexibility index (Phi) is 13.1. The molecule has 2 aromatic carbocycles. The lowest BCUT2D eigenvalue weighted by molar-refractivity contribution is -0.146. The van der Waals surface area contributed by atoms with Gasteiger partial charge < -0.3 is 31.1 Å². The molecule has 0 spiro atoms. The molecule has 1 saturated carbocycles. The lowest BCUT2D eigenvalue weighted by Gasteiger charge is -2.24. The fourth-order valence-corrected chi connectivity index (χ4v) is 5.57. The van der Waals surface area contributed by atoms with Crippen LogP contribution in [0, 0.1) is 13.8 Å². The zero-order chi connectivity index (χ0) is 38.2. The Morgan fingerprint density at radius 2 is 1.54 bits per heavy atom. The van der Waals surface area contributed by atoms with Crippen LogP contribution in [0.15, 0.2) is 65.8 Å². The molecular weight excluding hydrogens is 664 g/mol. The van der Waals surface area contributed by atoms with Crippen molar-refractivity contribution in [2.45, 2.75) is 77.0 Å². The quantitative estimate of drug-likeness (QED) is 0.0824. The first-order chi connectivity index (χ1) is 24.6. The minimum atomic E-state index is -1.49. The Morgan fingerprint density at radius 3 is 2.12 bits per heavy atom. The largest absolute Gasteiger partial charge is 0.480 e. The number of nitrogens with one attached hydrogen (secondary N) is 4. The summed E-state index contributed by atoms with van der Waals surface area (Å²) in [6.45, 7) is 12.4. The summed E-state index contributed by atoms with van der Waals surface area (Å²) in [5.74, 6) is -2.38. The molecule has 13 heteroatoms. The summed E-state index contributed by atoms with van der Waals surface area (Å²) in [6.07, 6.45) is 5.16. The van der Waals surface area contributed by atoms with Gasteiger partial charge in [0.1, 0.15) is 16.8 Å². The number of aliphatic imine (C=N–C) groups is 1. The number of carboxylic acid groups (broad SMARTS) is 2. The van der Waals surface area contributed by atoms with Gasteiger partial charge in [-0.2, -0.15) is 0 Å². The summed E-state index contributed by atoms with van der Waals surface area (Å²) in [4.78, 5) is 45.4. The van der Waals surface area contributed by atoms with Crippen LogP contribution in [0.4, 0.5) is 11.4 Å². The van der Waals surface area contributed by atoms with Crippen LogP contribution in [0.1, 0.15) is 72.3 Å². The van der Waals surface area contributed by atoms with Crippen molar-refractivity contribution < 1.29 is 34.8 Å². The summed E-state index contributed by atoms with van der Waals surface area (Å²) < 4.78 is 0. The molecule has 0 saturated heterocycles. The second-order valence-corrected chi connectivity index (χ2v) is 13.9. The SMILES string of the molecule is C=C(/C=N\CC(C)Nc1cccc(-c2cccc(NC(=O)c3cc(C4CC4)c(CNC(C)(CO)C(=O)O)cn3)c2C)c1C)CNC(C)(CO)C(=O)O. The maximum absolute atomic E-state index is 13.5. The summed E-state index contributed by atoms with van der Waals surface area (Å²) >= 11 is 0. The van der Waals surface area contributed by atoms with Crippen molar-refractivity contribution in [3.63, 3.8) is 0 Å². The van der Waals surface area contributed by atoms with Gasteiger partial charge in [-0.1, -0.05) is 30.8 Å². The number of aliphatic carboxylic acids is 2. The Labute approximate surface area is 304 Å². The zero-order valence-corrected chi connectivity index (χ0v) is 30.4. The van der Waals surface area contributed by atoms with Gasteiger partial charge in [0.2, 0.25) is 0 Å². The van der Waals surface area contributed by atoms with Gasteiger partial charge in [0.05, 0.1) is 19.8 Å². The average molecular weight is 715 g/mol. The highest BCUT2D eigenvalue weighted by atomic mass is 16.4. The van der Waals surface area contributed by atoms with E-state index >= 15 is 0 Å². The van der Waals surface area contributed by atoms with Crippen molar-refractivity contribution in [2.24, 2.45) is 4.99 Å². The highest BCUT2D eigenvalue weighted by molar-refractivity contribution is 6.04. The third-order valence-electron chi connectivity index (χ3n) is 9.48. The van der Waals surface area contributed by atoms with E-state index in [2.05, 4.69) is 37.8 Å². The molecule has 3 unspecified atom stereocenters. The van der Waals surface area contributed by atoms with Crippen LogP contribution in [-0.2, 0) is 16.1 Å². The maximum Gasteiger partial charge on any atom is 0.326 e. The van der Waals surface area contributed by atoms with Crippen molar-refractivity contribution in [3.05, 3.63) is 88.8 Å². The molecule has 1 aliphatic carbocycles. The first kappa shape index (κ1) is 39.8. The Morgan fingerprint density at radius 1 is 0.962 bits per heavy atom. The number of amides is 1. The normalized spacial score (nSPS) is 15.8. The first-order valence-corrected chi connectivity index (χ1v) is 17.2. The number of nitrogens with zero attached hydrogens (tertiary/aromatic N) is 2. The number of hydrogen-bond donors (Lipinski definition) is 8. The Balaban J connectivity index is 1.43. The number of pyridine rings is 1. The lowest BCUT2D eigenvalue weighted by Crippen LogP contribution is -2.53. The molecule has 8 N–H and O–H groups in total. The topological polar surface area (TPSA) is 205 Å². The van der Waals surface area contributed by atoms with Gasteiger partial charge in [0.25, 0.3) is 5.91 Å². The molecule has 1 amide bonds. The smallest absolute Gasteiger partial charge is 0.326 e. The maximum atomic E-state index is 13.5. The van der Waals surface area contributed by atoms with Crippen molar-refractivity contribution >= 4 is 35.4 Å². The van der Waals surface area contributed by atoms with Crippen molar-refractivity contribution in [2.75, 3.05) is 36.9 Å². The number of carbonyl (C=O) groups is 3. The molecule has 1 fully saturated rings. The number of anilines is 2. The number of aliphatic hydroxyl groups is 2. The van der Waals surface area contributed by atoms with Gasteiger partial charge in [-0.3, -0.25) is 35.0 Å². The number of benzene rings is 2. The summed E-state index contributed by atoms with van der Waals surface area (Å²) in [7, 11) is 0. The minimum absolute atomic E-state index is 0.0361. The monoisotopic (exact) mass is 714 g/mol. The molecule has 0 bridgehead atoms. The molecule has 0 aliphatic heterocycles. The molecular formula is C39H50N6O7. The van der Waals surface area contributed by atoms with Crippen LogP contribution < -0.4 is 21.3 Å². The average Bonchev–Trinajstić information content (AvgIpc) is 3.97. The van der Waals surface area contributed by atoms with Gasteiger partial charge >= 0.3 is 11.9 Å². The van der Waals surface area contributed by atoms with Gasteiger partial charge in [0.15, 0.2) is 0 Å². The minimum Gasteiger partial charge on any atom is -0.480 e. The molecule has 1 aromatic heterocycles. The van der Waals surface area contributed by atoms with Crippen LogP contribution in [0.25, 0.3) is 11.1 Å². The molecule has 0 radical (unpaired) electrons. The van der Waals surface area contributed by atoms with E-state index in [1.807, 2.05) is 57.2 Å². The zero-order valence-electron chi connectivity index (χ0n) is 30.4. The van der Waals surface area contributed by atoms with Crippen LogP contribution in [0.2, 0.25) is 0 Å². The summed E-state index contributed by atoms with van der Waals surface area (Å²) in [6, 6.07) is 13.5. The van der Waals surface area contributed by atoms with Crippen LogP contribution >= 0.6 is 0 Å². The van der Waals surface area contributed by atoms with E-state index in [9.17, 15) is 34.8 Å². The second kappa shape index (κ2) is 17.0. The van der Waals surface area contributed by atoms with Gasteiger partial charge in [-0.05, 0) is 111 Å². The number of hydrogen-bond acceptors (Lipinski definition) is 10. The predicted molar refractivity (Wildman–Crippen MR) is 202 cm³/mol. The first-order valence-electron chi connectivity index (χ1n) is 17.2. The van der Waals surface area contributed by atoms with Gasteiger partial charge in [-0.15, -0.1) is 0 Å². The van der Waals surface area contributed by atoms with Crippen molar-refractivity contribution in [1.29, 1.82) is 0 Å². The summed E-state index contributed by atoms with van der Waals surface area (Å²) in [5, 5.41) is 50.1. The fourth-order valence-electron chi connectivity index (χ4n) is 5.57. The van der Waals surface area contributed by atoms with Crippen molar-refractivity contribution in [1.82, 2.24) is 15.6 Å². The van der Waals surface area contributed by atoms with E-state index in [-0.39, 0.29) is 36.7 Å². The van der Waals surface area contributed by atoms with Gasteiger partial charge in [-0.25, -0.2) is 0 Å². The van der Waals surface area contributed by atoms with E-state index in [0.29, 0.717) is 17.8 Å². The Bertz CT molecular complexity index is 1840. The Hall–Kier alpha value is -4.95. The molecule has 1 heterocycles. The van der Waals surface area contributed by atoms with E-state index < -0.39 is 36.2 Å². The van der Waals surface area contributed by atoms with Gasteiger partial charge in [0, 0.05) is 42.9 Å². The van der Waals surface area contributed by atoms with E-state index in [0.717, 1.165) is 51.9 Å². The molecule has 4 rings (SSSR count). The van der Waals surface area contributed by atoms with Crippen molar-refractivity contribution in [3.8, 4) is 11.1 Å². The molecule has 278 valence electrons. The standard InChI is InChI=1S/C39H50N6O7/c1-23(17-42-38(5,21-46)36(49)50)16-40-18-24(2)44-32-11-7-9-29(25(32)3)30-10-8-12-33(26(30)4)45-35(48)34-15-31(27-13-14-27)28(19-41-34)20-43-39(6,22-47)37(51)52/h7-12,15-16,19,24,27,42-44,46-47H,1,13-14,17-18,20-22H2,2-6H3,(H,45,48)(H,49,50)(H,51,52)/b40-16-. The van der Waals surface area contributed by atoms with Crippen LogP contribution in [-0.4, -0.2) is 92.9 Å². The fraction of sp³-hybridized carbons (Fsp3) is 0.410. The van der Waals surface area contributed by atoms with E-state index in [1.165, 1.54) is 13.8 Å². The number of carboxylic acids is 2. The van der Waals surface area contributed by atoms with E-state index in [1.54, 1.807) is 18.5 Å². The number of aromatic nitrogens is 1. The lowest BCUT2D eigenvalue weighted by atomic mass is 9.94. The van der Waals surface area contributed by atoms with Crippen LogP contribution in [0.3, 0.4) is 0 Å².